The molecule has 0 aromatic heterocycles. The first-order chi connectivity index (χ1) is 14.7. The standard InChI is InChI=1S/C14H22.C10H14O.2C2H6.CH5P/c1-6-8-10-14(9-7-2)13(5)11-12(3)4;1-5-7-8(3)10(6-2)9(4)11;3*1-2/h6,8-10,12H,1,5,7,11H2,2-4H3;5-7H,1H2,2-4H3;2*1-2H3;2H2,1H3/b10-8-,14-9+;8-7-,10-6+;;;. The number of Topliss-reactive ketones (excluding diaryl/α,β-unsaturated/α-hetero) is 1. The van der Waals surface area contributed by atoms with E-state index in [1.165, 1.54) is 11.1 Å². The Bertz CT molecular complexity index is 570. The number of hydrogen-bond acceptors (Lipinski definition) is 1. The van der Waals surface area contributed by atoms with Crippen molar-refractivity contribution in [2.45, 2.75) is 82.1 Å². The fraction of sp³-hybridized carbons (Fsp3) is 0.483. The SMILES string of the molecule is C=C/C=C(C)\C(=C/C)C(C)=O.C=C/C=C\C(=C/CC)C(=C)CC(C)C.CC.CC.CP. The second-order valence-corrected chi connectivity index (χ2v) is 6.21. The molecule has 31 heavy (non-hydrogen) atoms. The first-order valence-corrected chi connectivity index (χ1v) is 12.6. The van der Waals surface area contributed by atoms with Gasteiger partial charge in [0.25, 0.3) is 0 Å². The lowest BCUT2D eigenvalue weighted by atomic mass is 9.97. The van der Waals surface area contributed by atoms with E-state index in [1.807, 2.05) is 66.4 Å². The van der Waals surface area contributed by atoms with E-state index < -0.39 is 0 Å². The summed E-state index contributed by atoms with van der Waals surface area (Å²) in [4.78, 5) is 10.9. The third-order valence-corrected chi connectivity index (χ3v) is 3.36. The minimum absolute atomic E-state index is 0.100. The summed E-state index contributed by atoms with van der Waals surface area (Å²) in [5, 5.41) is 0. The van der Waals surface area contributed by atoms with Gasteiger partial charge in [-0.25, -0.2) is 0 Å². The molecule has 0 N–H and O–H groups in total. The van der Waals surface area contributed by atoms with Crippen LogP contribution in [0.15, 0.2) is 84.6 Å². The van der Waals surface area contributed by atoms with Crippen LogP contribution in [0.1, 0.15) is 82.1 Å². The summed E-state index contributed by atoms with van der Waals surface area (Å²) in [6, 6.07) is 0. The molecule has 0 aromatic rings. The van der Waals surface area contributed by atoms with E-state index in [4.69, 9.17) is 0 Å². The van der Waals surface area contributed by atoms with Crippen LogP contribution in [0.5, 0.6) is 0 Å². The lowest BCUT2D eigenvalue weighted by Gasteiger charge is -2.09. The largest absolute Gasteiger partial charge is 0.295 e. The van der Waals surface area contributed by atoms with Crippen molar-refractivity contribution < 1.29 is 4.79 Å². The van der Waals surface area contributed by atoms with Gasteiger partial charge in [0.05, 0.1) is 0 Å². The van der Waals surface area contributed by atoms with Crippen molar-refractivity contribution in [1.29, 1.82) is 0 Å². The average molecular weight is 449 g/mol. The third-order valence-electron chi connectivity index (χ3n) is 3.36. The molecular formula is C29H53OP. The van der Waals surface area contributed by atoms with Crippen LogP contribution in [0, 0.1) is 5.92 Å². The fourth-order valence-corrected chi connectivity index (χ4v) is 2.31. The van der Waals surface area contributed by atoms with Crippen molar-refractivity contribution in [3.05, 3.63) is 84.6 Å². The topological polar surface area (TPSA) is 17.1 Å². The zero-order chi connectivity index (χ0) is 25.8. The number of carbonyl (C=O) groups excluding carboxylic acids is 1. The molecule has 1 atom stereocenters. The first-order valence-electron chi connectivity index (χ1n) is 11.5. The van der Waals surface area contributed by atoms with Gasteiger partial charge in [0.15, 0.2) is 5.78 Å². The minimum atomic E-state index is 0.100. The van der Waals surface area contributed by atoms with E-state index in [2.05, 4.69) is 61.9 Å². The van der Waals surface area contributed by atoms with Crippen molar-refractivity contribution in [3.63, 3.8) is 0 Å². The molecule has 0 aromatic carbocycles. The van der Waals surface area contributed by atoms with Crippen molar-refractivity contribution in [2.75, 3.05) is 6.66 Å². The Kier molecular flexibility index (Phi) is 42.2. The van der Waals surface area contributed by atoms with Crippen LogP contribution < -0.4 is 0 Å². The number of ketones is 1. The van der Waals surface area contributed by atoms with E-state index in [0.29, 0.717) is 5.92 Å². The summed E-state index contributed by atoms with van der Waals surface area (Å²) in [6.45, 7) is 33.2. The molecule has 0 spiro atoms. The molecule has 180 valence electrons. The summed E-state index contributed by atoms with van der Waals surface area (Å²) in [5.41, 5.74) is 4.21. The van der Waals surface area contributed by atoms with E-state index in [-0.39, 0.29) is 5.78 Å². The maximum Gasteiger partial charge on any atom is 0.159 e. The van der Waals surface area contributed by atoms with Gasteiger partial charge in [-0.05, 0) is 56.3 Å². The van der Waals surface area contributed by atoms with Gasteiger partial charge in [-0.2, -0.15) is 0 Å². The van der Waals surface area contributed by atoms with Crippen LogP contribution in [0.25, 0.3) is 0 Å². The molecule has 1 unspecified atom stereocenters. The maximum atomic E-state index is 10.9. The molecular weight excluding hydrogens is 395 g/mol. The van der Waals surface area contributed by atoms with E-state index in [9.17, 15) is 4.79 Å². The zero-order valence-corrected chi connectivity index (χ0v) is 23.8. The van der Waals surface area contributed by atoms with E-state index >= 15 is 0 Å². The van der Waals surface area contributed by atoms with Gasteiger partial charge in [0.2, 0.25) is 0 Å². The fourth-order valence-electron chi connectivity index (χ4n) is 2.31. The van der Waals surface area contributed by atoms with Crippen LogP contribution in [-0.2, 0) is 4.79 Å². The Hall–Kier alpha value is -1.72. The Morgan fingerprint density at radius 2 is 1.48 bits per heavy atom. The van der Waals surface area contributed by atoms with Gasteiger partial charge in [0, 0.05) is 5.57 Å². The van der Waals surface area contributed by atoms with Crippen LogP contribution in [-0.4, -0.2) is 12.4 Å². The van der Waals surface area contributed by atoms with Crippen molar-refractivity contribution in [3.8, 4) is 0 Å². The molecule has 0 aliphatic heterocycles. The molecule has 0 bridgehead atoms. The van der Waals surface area contributed by atoms with Gasteiger partial charge in [-0.1, -0.05) is 117 Å². The molecule has 1 nitrogen and oxygen atoms in total. The van der Waals surface area contributed by atoms with Gasteiger partial charge in [-0.3, -0.25) is 4.79 Å². The molecule has 0 fully saturated rings. The monoisotopic (exact) mass is 448 g/mol. The summed E-state index contributed by atoms with van der Waals surface area (Å²) in [5.74, 6) is 0.767. The van der Waals surface area contributed by atoms with Crippen LogP contribution in [0.3, 0.4) is 0 Å². The highest BCUT2D eigenvalue weighted by Crippen LogP contribution is 2.19. The number of hydrogen-bond donors (Lipinski definition) is 0. The second-order valence-electron chi connectivity index (χ2n) is 6.21. The zero-order valence-electron chi connectivity index (χ0n) is 22.6. The molecule has 0 aliphatic carbocycles. The highest BCUT2D eigenvalue weighted by Gasteiger charge is 2.02. The molecule has 0 amide bonds. The highest BCUT2D eigenvalue weighted by atomic mass is 31.0. The Balaban J connectivity index is -0.000000119. The molecule has 0 saturated carbocycles. The van der Waals surface area contributed by atoms with Gasteiger partial charge >= 0.3 is 0 Å². The summed E-state index contributed by atoms with van der Waals surface area (Å²) in [7, 11) is 2.42. The van der Waals surface area contributed by atoms with Gasteiger partial charge in [-0.15, -0.1) is 9.24 Å². The number of carbonyl (C=O) groups is 1. The smallest absolute Gasteiger partial charge is 0.159 e. The third kappa shape index (κ3) is 28.3. The Morgan fingerprint density at radius 3 is 1.77 bits per heavy atom. The Morgan fingerprint density at radius 1 is 1.00 bits per heavy atom. The summed E-state index contributed by atoms with van der Waals surface area (Å²) in [6.07, 6.45) is 15.5. The van der Waals surface area contributed by atoms with Crippen molar-refractivity contribution in [1.82, 2.24) is 0 Å². The Labute approximate surface area is 199 Å². The van der Waals surface area contributed by atoms with E-state index in [1.54, 1.807) is 19.1 Å². The van der Waals surface area contributed by atoms with Gasteiger partial charge < -0.3 is 0 Å². The predicted molar refractivity (Wildman–Crippen MR) is 153 cm³/mol. The summed E-state index contributed by atoms with van der Waals surface area (Å²) >= 11 is 0. The molecule has 0 heterocycles. The lowest BCUT2D eigenvalue weighted by molar-refractivity contribution is -0.113. The minimum Gasteiger partial charge on any atom is -0.295 e. The van der Waals surface area contributed by atoms with Crippen LogP contribution in [0.4, 0.5) is 0 Å². The molecule has 2 heteroatoms. The first kappa shape index (κ1) is 39.7. The van der Waals surface area contributed by atoms with Crippen molar-refractivity contribution >= 4 is 15.0 Å². The normalized spacial score (nSPS) is 10.8. The number of rotatable bonds is 9. The predicted octanol–water partition coefficient (Wildman–Crippen LogP) is 9.86. The molecule has 0 radical (unpaired) electrons. The average Bonchev–Trinajstić information content (AvgIpc) is 2.76. The van der Waals surface area contributed by atoms with Crippen LogP contribution >= 0.6 is 9.24 Å². The summed E-state index contributed by atoms with van der Waals surface area (Å²) < 4.78 is 0. The second kappa shape index (κ2) is 32.9. The van der Waals surface area contributed by atoms with Crippen molar-refractivity contribution in [2.24, 2.45) is 5.92 Å². The molecule has 0 rings (SSSR count). The number of allylic oxidation sites excluding steroid dienone is 11. The van der Waals surface area contributed by atoms with Gasteiger partial charge in [0.1, 0.15) is 0 Å². The maximum absolute atomic E-state index is 10.9. The highest BCUT2D eigenvalue weighted by molar-refractivity contribution is 7.15. The lowest BCUT2D eigenvalue weighted by Crippen LogP contribution is -1.96. The van der Waals surface area contributed by atoms with E-state index in [0.717, 1.165) is 24.0 Å². The molecule has 0 saturated heterocycles. The molecule has 0 aliphatic rings. The quantitative estimate of drug-likeness (QED) is 0.195. The van der Waals surface area contributed by atoms with Crippen LogP contribution in [0.2, 0.25) is 0 Å².